The van der Waals surface area contributed by atoms with E-state index in [4.69, 9.17) is 0 Å². The molecule has 0 aliphatic heterocycles. The highest BCUT2D eigenvalue weighted by molar-refractivity contribution is 5.41. The van der Waals surface area contributed by atoms with Crippen molar-refractivity contribution < 1.29 is 0 Å². The Morgan fingerprint density at radius 3 is 2.93 bits per heavy atom. The smallest absolute Gasteiger partial charge is 0.147 e. The molecule has 1 aromatic heterocycles. The third kappa shape index (κ3) is 2.03. The Hall–Kier alpha value is -1.12. The number of rotatable bonds is 4. The molecule has 0 bridgehead atoms. The second-order valence-electron chi connectivity index (χ2n) is 4.03. The topological polar surface area (TPSA) is 37.8 Å². The van der Waals surface area contributed by atoms with E-state index in [1.807, 2.05) is 6.92 Å². The second kappa shape index (κ2) is 3.95. The van der Waals surface area contributed by atoms with Gasteiger partial charge in [-0.1, -0.05) is 13.3 Å². The molecule has 1 saturated carbocycles. The van der Waals surface area contributed by atoms with Crippen molar-refractivity contribution in [2.24, 2.45) is 5.92 Å². The Kier molecular flexibility index (Phi) is 2.66. The van der Waals surface area contributed by atoms with Crippen LogP contribution in [0.3, 0.4) is 0 Å². The van der Waals surface area contributed by atoms with Crippen molar-refractivity contribution in [1.29, 1.82) is 0 Å². The molecule has 0 aromatic carbocycles. The lowest BCUT2D eigenvalue weighted by molar-refractivity contribution is 0.692. The van der Waals surface area contributed by atoms with Crippen LogP contribution in [0, 0.1) is 12.8 Å². The van der Waals surface area contributed by atoms with Crippen LogP contribution in [-0.2, 0) is 0 Å². The van der Waals surface area contributed by atoms with Crippen LogP contribution in [0.4, 0.5) is 5.82 Å². The predicted molar refractivity (Wildman–Crippen MR) is 57.2 cm³/mol. The van der Waals surface area contributed by atoms with Crippen LogP contribution in [-0.4, -0.2) is 16.0 Å². The SMILES string of the molecule is CCCC1CC1Nc1nccnc1C. The largest absolute Gasteiger partial charge is 0.366 e. The molecule has 14 heavy (non-hydrogen) atoms. The first-order chi connectivity index (χ1) is 6.81. The zero-order chi connectivity index (χ0) is 9.97. The number of aromatic nitrogens is 2. The molecule has 0 radical (unpaired) electrons. The molecule has 0 amide bonds. The standard InChI is InChI=1S/C11H17N3/c1-3-4-9-7-10(9)14-11-8(2)12-5-6-13-11/h5-6,9-10H,3-4,7H2,1-2H3,(H,13,14). The molecule has 2 atom stereocenters. The van der Waals surface area contributed by atoms with Gasteiger partial charge in [-0.3, -0.25) is 4.98 Å². The van der Waals surface area contributed by atoms with Crippen LogP contribution in [0.1, 0.15) is 31.9 Å². The van der Waals surface area contributed by atoms with Gasteiger partial charge in [-0.05, 0) is 25.7 Å². The van der Waals surface area contributed by atoms with E-state index in [0.29, 0.717) is 6.04 Å². The minimum Gasteiger partial charge on any atom is -0.366 e. The minimum atomic E-state index is 0.644. The van der Waals surface area contributed by atoms with Gasteiger partial charge in [0.1, 0.15) is 5.82 Å². The molecule has 1 fully saturated rings. The molecule has 1 aromatic rings. The van der Waals surface area contributed by atoms with E-state index in [0.717, 1.165) is 17.4 Å². The van der Waals surface area contributed by atoms with Crippen molar-refractivity contribution in [3.63, 3.8) is 0 Å². The Labute approximate surface area is 85.0 Å². The molecular weight excluding hydrogens is 174 g/mol. The number of nitrogens with zero attached hydrogens (tertiary/aromatic N) is 2. The summed E-state index contributed by atoms with van der Waals surface area (Å²) in [6.07, 6.45) is 7.38. The Balaban J connectivity index is 1.90. The fourth-order valence-electron chi connectivity index (χ4n) is 1.84. The number of anilines is 1. The average molecular weight is 191 g/mol. The van der Waals surface area contributed by atoms with Crippen molar-refractivity contribution >= 4 is 5.82 Å². The van der Waals surface area contributed by atoms with Gasteiger partial charge in [0.05, 0.1) is 5.69 Å². The lowest BCUT2D eigenvalue weighted by atomic mass is 10.2. The van der Waals surface area contributed by atoms with Crippen molar-refractivity contribution in [3.05, 3.63) is 18.1 Å². The van der Waals surface area contributed by atoms with Gasteiger partial charge in [0.15, 0.2) is 0 Å². The number of hydrogen-bond acceptors (Lipinski definition) is 3. The number of nitrogens with one attached hydrogen (secondary N) is 1. The molecule has 0 saturated heterocycles. The van der Waals surface area contributed by atoms with Crippen molar-refractivity contribution in [2.75, 3.05) is 5.32 Å². The van der Waals surface area contributed by atoms with Gasteiger partial charge in [-0.15, -0.1) is 0 Å². The van der Waals surface area contributed by atoms with Crippen LogP contribution in [0.25, 0.3) is 0 Å². The summed E-state index contributed by atoms with van der Waals surface area (Å²) in [5.74, 6) is 1.82. The molecule has 0 spiro atoms. The van der Waals surface area contributed by atoms with E-state index < -0.39 is 0 Å². The van der Waals surface area contributed by atoms with Crippen molar-refractivity contribution in [1.82, 2.24) is 9.97 Å². The Morgan fingerprint density at radius 1 is 1.43 bits per heavy atom. The van der Waals surface area contributed by atoms with Gasteiger partial charge in [-0.25, -0.2) is 4.98 Å². The first-order valence-electron chi connectivity index (χ1n) is 5.35. The quantitative estimate of drug-likeness (QED) is 0.794. The fourth-order valence-corrected chi connectivity index (χ4v) is 1.84. The van der Waals surface area contributed by atoms with Crippen molar-refractivity contribution in [3.8, 4) is 0 Å². The molecule has 1 heterocycles. The summed E-state index contributed by atoms with van der Waals surface area (Å²) in [5, 5.41) is 3.45. The third-order valence-electron chi connectivity index (χ3n) is 2.79. The molecule has 2 rings (SSSR count). The van der Waals surface area contributed by atoms with E-state index in [2.05, 4.69) is 22.2 Å². The summed E-state index contributed by atoms with van der Waals surface area (Å²) >= 11 is 0. The molecular formula is C11H17N3. The fraction of sp³-hybridized carbons (Fsp3) is 0.636. The van der Waals surface area contributed by atoms with Crippen LogP contribution in [0.5, 0.6) is 0 Å². The number of aryl methyl sites for hydroxylation is 1. The molecule has 1 aliphatic rings. The van der Waals surface area contributed by atoms with E-state index >= 15 is 0 Å². The predicted octanol–water partition coefficient (Wildman–Crippen LogP) is 2.39. The molecule has 3 heteroatoms. The van der Waals surface area contributed by atoms with Crippen molar-refractivity contribution in [2.45, 2.75) is 39.2 Å². The van der Waals surface area contributed by atoms with E-state index in [1.54, 1.807) is 12.4 Å². The highest BCUT2D eigenvalue weighted by atomic mass is 15.1. The average Bonchev–Trinajstić information content (AvgIpc) is 2.89. The van der Waals surface area contributed by atoms with Crippen LogP contribution < -0.4 is 5.32 Å². The van der Waals surface area contributed by atoms with Crippen LogP contribution in [0.2, 0.25) is 0 Å². The summed E-state index contributed by atoms with van der Waals surface area (Å²) in [6, 6.07) is 0.644. The van der Waals surface area contributed by atoms with Gasteiger partial charge in [0, 0.05) is 18.4 Å². The second-order valence-corrected chi connectivity index (χ2v) is 4.03. The van der Waals surface area contributed by atoms with Crippen LogP contribution >= 0.6 is 0 Å². The molecule has 3 nitrogen and oxygen atoms in total. The Bertz CT molecular complexity index is 311. The zero-order valence-electron chi connectivity index (χ0n) is 8.83. The van der Waals surface area contributed by atoms with Crippen LogP contribution in [0.15, 0.2) is 12.4 Å². The molecule has 1 N–H and O–H groups in total. The highest BCUT2D eigenvalue weighted by Crippen LogP contribution is 2.37. The third-order valence-corrected chi connectivity index (χ3v) is 2.79. The molecule has 1 aliphatic carbocycles. The zero-order valence-corrected chi connectivity index (χ0v) is 8.83. The van der Waals surface area contributed by atoms with Gasteiger partial charge < -0.3 is 5.32 Å². The summed E-state index contributed by atoms with van der Waals surface area (Å²) in [6.45, 7) is 4.23. The number of hydrogen-bond donors (Lipinski definition) is 1. The summed E-state index contributed by atoms with van der Waals surface area (Å²) in [5.41, 5.74) is 0.995. The van der Waals surface area contributed by atoms with E-state index in [-0.39, 0.29) is 0 Å². The first kappa shape index (κ1) is 9.44. The van der Waals surface area contributed by atoms with E-state index in [9.17, 15) is 0 Å². The lowest BCUT2D eigenvalue weighted by Gasteiger charge is -2.06. The van der Waals surface area contributed by atoms with Gasteiger partial charge >= 0.3 is 0 Å². The summed E-state index contributed by atoms with van der Waals surface area (Å²) < 4.78 is 0. The van der Waals surface area contributed by atoms with Gasteiger partial charge in [0.2, 0.25) is 0 Å². The normalized spacial score (nSPS) is 24.7. The molecule has 76 valence electrons. The summed E-state index contributed by atoms with van der Waals surface area (Å²) in [4.78, 5) is 8.49. The van der Waals surface area contributed by atoms with E-state index in [1.165, 1.54) is 19.3 Å². The summed E-state index contributed by atoms with van der Waals surface area (Å²) in [7, 11) is 0. The highest BCUT2D eigenvalue weighted by Gasteiger charge is 2.36. The monoisotopic (exact) mass is 191 g/mol. The maximum atomic E-state index is 4.28. The van der Waals surface area contributed by atoms with Gasteiger partial charge in [0.25, 0.3) is 0 Å². The first-order valence-corrected chi connectivity index (χ1v) is 5.35. The maximum absolute atomic E-state index is 4.28. The molecule has 2 unspecified atom stereocenters. The minimum absolute atomic E-state index is 0.644. The van der Waals surface area contributed by atoms with Gasteiger partial charge in [-0.2, -0.15) is 0 Å². The lowest BCUT2D eigenvalue weighted by Crippen LogP contribution is -2.08. The Morgan fingerprint density at radius 2 is 2.21 bits per heavy atom. The maximum Gasteiger partial charge on any atom is 0.147 e.